The molecule has 0 unspecified atom stereocenters. The van der Waals surface area contributed by atoms with Crippen LogP contribution in [0.1, 0.15) is 101 Å². The normalized spacial score (nSPS) is 11.0. The molecule has 2 rings (SSSR count). The highest BCUT2D eigenvalue weighted by Gasteiger charge is 2.15. The Hall–Kier alpha value is -3.85. The van der Waals surface area contributed by atoms with E-state index in [0.717, 1.165) is 29.1 Å². The summed E-state index contributed by atoms with van der Waals surface area (Å²) in [5.41, 5.74) is 5.33. The van der Waals surface area contributed by atoms with Gasteiger partial charge in [0, 0.05) is 17.8 Å². The molecule has 43 heavy (non-hydrogen) atoms. The molecule has 0 N–H and O–H groups in total. The van der Waals surface area contributed by atoms with Crippen molar-refractivity contribution in [1.29, 1.82) is 0 Å². The Morgan fingerprint density at radius 2 is 1.42 bits per heavy atom. The molecule has 3 heteroatoms. The number of carbonyl (C=O) groups is 1. The van der Waals surface area contributed by atoms with E-state index >= 15 is 0 Å². The van der Waals surface area contributed by atoms with Crippen molar-refractivity contribution in [3.05, 3.63) is 132 Å². The van der Waals surface area contributed by atoms with Gasteiger partial charge >= 0.3 is 0 Å². The number of benzene rings is 2. The molecule has 1 amide bonds. The van der Waals surface area contributed by atoms with Crippen LogP contribution >= 0.6 is 0 Å². The lowest BCUT2D eigenvalue weighted by Gasteiger charge is -2.23. The minimum absolute atomic E-state index is 0.0659. The molecule has 2 aromatic carbocycles. The molecule has 3 nitrogen and oxygen atoms in total. The van der Waals surface area contributed by atoms with E-state index in [1.165, 1.54) is 11.1 Å². The van der Waals surface area contributed by atoms with Gasteiger partial charge in [0.15, 0.2) is 0 Å². The topological polar surface area (TPSA) is 29.5 Å². The van der Waals surface area contributed by atoms with Crippen molar-refractivity contribution in [3.8, 4) is 5.75 Å². The average Bonchev–Trinajstić information content (AvgIpc) is 3.08. The Morgan fingerprint density at radius 3 is 1.86 bits per heavy atom. The average molecular weight is 588 g/mol. The van der Waals surface area contributed by atoms with E-state index in [1.54, 1.807) is 4.90 Å². The fraction of sp³-hybridized carbons (Fsp3) is 0.375. The first kappa shape index (κ1) is 43.6. The summed E-state index contributed by atoms with van der Waals surface area (Å²) in [6, 6.07) is 17.7. The van der Waals surface area contributed by atoms with Gasteiger partial charge in [-0.1, -0.05) is 135 Å². The predicted molar refractivity (Wildman–Crippen MR) is 195 cm³/mol. The van der Waals surface area contributed by atoms with Gasteiger partial charge in [0.2, 0.25) is 5.91 Å². The summed E-state index contributed by atoms with van der Waals surface area (Å²) >= 11 is 0. The lowest BCUT2D eigenvalue weighted by Crippen LogP contribution is -2.28. The minimum Gasteiger partial charge on any atom is -0.489 e. The third-order valence-corrected chi connectivity index (χ3v) is 5.41. The summed E-state index contributed by atoms with van der Waals surface area (Å²) in [7, 11) is 0. The van der Waals surface area contributed by atoms with Crippen molar-refractivity contribution in [1.82, 2.24) is 0 Å². The largest absolute Gasteiger partial charge is 0.489 e. The van der Waals surface area contributed by atoms with Crippen LogP contribution in [0.4, 0.5) is 5.69 Å². The molecule has 0 aliphatic heterocycles. The number of carbonyl (C=O) groups excluding carboxylic acids is 1. The first-order chi connectivity index (χ1) is 20.9. The Labute approximate surface area is 266 Å². The molecule has 238 valence electrons. The van der Waals surface area contributed by atoms with Gasteiger partial charge in [0.25, 0.3) is 0 Å². The van der Waals surface area contributed by atoms with Crippen LogP contribution in [0, 0.1) is 0 Å². The smallest absolute Gasteiger partial charge is 0.230 e. The summed E-state index contributed by atoms with van der Waals surface area (Å²) in [5, 5.41) is 0. The Balaban J connectivity index is -0.000000749. The standard InChI is InChI=1S/C22H25NO2.C12H18.3C2H6/c1-4-6-10-18(3)23(22(24)5-2)20-13-15-21(16-14-20)25-17-19-11-8-7-9-12-19;1-5-9-11(7-3)12(8-4)10-6-2;3*1-2/h4,6-16H,5,17H2,1-3H3;6-10H,3,5H2,1-2,4H3;3*1-2H3/b6-4-,18-10+;10-6-,11-9?,12-8+;;;. The fourth-order valence-electron chi connectivity index (χ4n) is 3.52. The number of amides is 1. The SMILES string of the molecule is C/C=C\C=C(/C)N(C(=O)CC)c1ccc(OCc2ccccc2)cc1.C=CC(=CCC)C(/C=C\C)=C/C.CC.CC.CC. The molecule has 0 bridgehead atoms. The second-order valence-corrected chi connectivity index (χ2v) is 8.20. The molecule has 0 aromatic heterocycles. The van der Waals surface area contributed by atoms with E-state index in [1.807, 2.05) is 161 Å². The molecule has 0 fully saturated rings. The lowest BCUT2D eigenvalue weighted by molar-refractivity contribution is -0.117. The van der Waals surface area contributed by atoms with Crippen LogP contribution < -0.4 is 9.64 Å². The van der Waals surface area contributed by atoms with E-state index in [4.69, 9.17) is 4.74 Å². The van der Waals surface area contributed by atoms with Gasteiger partial charge in [-0.15, -0.1) is 0 Å². The maximum Gasteiger partial charge on any atom is 0.230 e. The first-order valence-electron chi connectivity index (χ1n) is 16.0. The number of nitrogens with zero attached hydrogens (tertiary/aromatic N) is 1. The number of allylic oxidation sites excluding steroid dienone is 11. The Bertz CT molecular complexity index is 1100. The number of anilines is 1. The van der Waals surface area contributed by atoms with Gasteiger partial charge in [-0.05, 0) is 81.2 Å². The van der Waals surface area contributed by atoms with Crippen LogP contribution in [-0.2, 0) is 11.4 Å². The molecule has 2 aromatic rings. The third-order valence-electron chi connectivity index (χ3n) is 5.41. The van der Waals surface area contributed by atoms with Crippen molar-refractivity contribution in [2.75, 3.05) is 4.90 Å². The van der Waals surface area contributed by atoms with E-state index in [2.05, 4.69) is 31.7 Å². The van der Waals surface area contributed by atoms with Crippen LogP contribution in [0.2, 0.25) is 0 Å². The lowest BCUT2D eigenvalue weighted by atomic mass is 10.0. The summed E-state index contributed by atoms with van der Waals surface area (Å²) in [6.45, 7) is 28.3. The zero-order valence-electron chi connectivity index (χ0n) is 29.4. The quantitative estimate of drug-likeness (QED) is 0.245. The molecule has 0 aliphatic rings. The molecule has 0 saturated heterocycles. The van der Waals surface area contributed by atoms with Gasteiger partial charge in [-0.2, -0.15) is 0 Å². The van der Waals surface area contributed by atoms with Gasteiger partial charge in [0.05, 0.1) is 0 Å². The minimum atomic E-state index is 0.0659. The van der Waals surface area contributed by atoms with Gasteiger partial charge in [-0.3, -0.25) is 9.69 Å². The second kappa shape index (κ2) is 31.1. The summed E-state index contributed by atoms with van der Waals surface area (Å²) in [6.07, 6.45) is 17.6. The van der Waals surface area contributed by atoms with E-state index < -0.39 is 0 Å². The molecular formula is C40H61NO2. The molecular weight excluding hydrogens is 526 g/mol. The van der Waals surface area contributed by atoms with E-state index in [9.17, 15) is 4.79 Å². The fourth-order valence-corrected chi connectivity index (χ4v) is 3.52. The summed E-state index contributed by atoms with van der Waals surface area (Å²) in [4.78, 5) is 14.1. The molecule has 0 atom stereocenters. The molecule has 0 radical (unpaired) electrons. The van der Waals surface area contributed by atoms with Crippen molar-refractivity contribution in [2.45, 2.75) is 103 Å². The van der Waals surface area contributed by atoms with Crippen LogP contribution in [0.5, 0.6) is 5.75 Å². The molecule has 0 saturated carbocycles. The first-order valence-corrected chi connectivity index (χ1v) is 16.0. The van der Waals surface area contributed by atoms with Crippen LogP contribution in [0.3, 0.4) is 0 Å². The molecule has 0 heterocycles. The van der Waals surface area contributed by atoms with Gasteiger partial charge < -0.3 is 4.74 Å². The number of ether oxygens (including phenoxy) is 1. The molecule has 0 spiro atoms. The highest BCUT2D eigenvalue weighted by molar-refractivity contribution is 5.96. The number of hydrogen-bond acceptors (Lipinski definition) is 2. The third kappa shape index (κ3) is 19.1. The zero-order valence-corrected chi connectivity index (χ0v) is 29.4. The van der Waals surface area contributed by atoms with Crippen LogP contribution in [-0.4, -0.2) is 5.91 Å². The highest BCUT2D eigenvalue weighted by Crippen LogP contribution is 2.24. The van der Waals surface area contributed by atoms with Crippen molar-refractivity contribution >= 4 is 11.6 Å². The predicted octanol–water partition coefficient (Wildman–Crippen LogP) is 12.6. The number of hydrogen-bond donors (Lipinski definition) is 0. The zero-order chi connectivity index (χ0) is 33.5. The summed E-state index contributed by atoms with van der Waals surface area (Å²) < 4.78 is 5.81. The molecule has 0 aliphatic carbocycles. The van der Waals surface area contributed by atoms with Crippen molar-refractivity contribution in [3.63, 3.8) is 0 Å². The van der Waals surface area contributed by atoms with E-state index in [-0.39, 0.29) is 5.91 Å². The maximum atomic E-state index is 12.3. The van der Waals surface area contributed by atoms with Crippen LogP contribution in [0.15, 0.2) is 127 Å². The second-order valence-electron chi connectivity index (χ2n) is 8.20. The number of rotatable bonds is 11. The van der Waals surface area contributed by atoms with Crippen LogP contribution in [0.25, 0.3) is 0 Å². The van der Waals surface area contributed by atoms with E-state index in [0.29, 0.717) is 13.0 Å². The Kier molecular flexibility index (Phi) is 31.5. The van der Waals surface area contributed by atoms with Gasteiger partial charge in [-0.25, -0.2) is 0 Å². The highest BCUT2D eigenvalue weighted by atomic mass is 16.5. The monoisotopic (exact) mass is 587 g/mol. The van der Waals surface area contributed by atoms with Gasteiger partial charge in [0.1, 0.15) is 12.4 Å². The van der Waals surface area contributed by atoms with Crippen molar-refractivity contribution < 1.29 is 9.53 Å². The summed E-state index contributed by atoms with van der Waals surface area (Å²) in [5.74, 6) is 0.850. The van der Waals surface area contributed by atoms with Crippen molar-refractivity contribution in [2.24, 2.45) is 0 Å². The Morgan fingerprint density at radius 1 is 0.837 bits per heavy atom. The maximum absolute atomic E-state index is 12.3.